The van der Waals surface area contributed by atoms with Gasteiger partial charge in [-0.1, -0.05) is 132 Å². The number of rotatable bonds is 23. The number of benzene rings is 1. The van der Waals surface area contributed by atoms with Crippen molar-refractivity contribution < 1.29 is 0 Å². The standard InChI is InChI=1S/C48H76N2/c1-5-7-18-33-49-34-19-13-9-8-11-16-23-42-25-29-45(30-26-42)48(41(4)47-39-40(3)38-44(47)6-2)46-31-27-43(28-32-46)24-17-12-10-14-20-35-50-36-21-15-22-37-50/h16-17,23-27,29-31,40,44,47,49H,5-15,18-22,28,32-39H2,1-4H3/b23-16-,24-17?,48-41+. The zero-order valence-electron chi connectivity index (χ0n) is 33.1. The van der Waals surface area contributed by atoms with E-state index in [2.05, 4.69) is 98.6 Å². The summed E-state index contributed by atoms with van der Waals surface area (Å²) >= 11 is 0. The summed E-state index contributed by atoms with van der Waals surface area (Å²) in [5.74, 6) is 2.37. The number of allylic oxidation sites excluding steroid dienone is 9. The fourth-order valence-electron chi connectivity index (χ4n) is 8.90. The van der Waals surface area contributed by atoms with E-state index in [1.165, 1.54) is 165 Å². The molecule has 0 bridgehead atoms. The Bertz CT molecular complexity index is 1220. The molecule has 1 N–H and O–H groups in total. The summed E-state index contributed by atoms with van der Waals surface area (Å²) in [6.07, 6.45) is 40.8. The maximum Gasteiger partial charge on any atom is -0.00187 e. The minimum absolute atomic E-state index is 0.711. The Morgan fingerprint density at radius 1 is 0.760 bits per heavy atom. The largest absolute Gasteiger partial charge is 0.317 e. The Kier molecular flexibility index (Phi) is 19.6. The van der Waals surface area contributed by atoms with Crippen molar-refractivity contribution in [1.29, 1.82) is 0 Å². The molecule has 2 heteroatoms. The van der Waals surface area contributed by atoms with Gasteiger partial charge in [0.1, 0.15) is 0 Å². The second-order valence-electron chi connectivity index (χ2n) is 16.2. The van der Waals surface area contributed by atoms with E-state index < -0.39 is 0 Å². The molecule has 1 aromatic rings. The zero-order valence-corrected chi connectivity index (χ0v) is 33.1. The Morgan fingerprint density at radius 3 is 2.16 bits per heavy atom. The van der Waals surface area contributed by atoms with Gasteiger partial charge < -0.3 is 10.2 Å². The van der Waals surface area contributed by atoms with Crippen LogP contribution in [0.3, 0.4) is 0 Å². The number of piperidine rings is 1. The topological polar surface area (TPSA) is 15.3 Å². The second kappa shape index (κ2) is 24.2. The van der Waals surface area contributed by atoms with Gasteiger partial charge in [-0.3, -0.25) is 0 Å². The molecule has 50 heavy (non-hydrogen) atoms. The summed E-state index contributed by atoms with van der Waals surface area (Å²) in [4.78, 5) is 2.68. The molecule has 4 rings (SSSR count). The van der Waals surface area contributed by atoms with Gasteiger partial charge in [0.15, 0.2) is 0 Å². The van der Waals surface area contributed by atoms with Gasteiger partial charge in [-0.25, -0.2) is 0 Å². The minimum atomic E-state index is 0.711. The Labute approximate surface area is 310 Å². The average molecular weight is 681 g/mol. The highest BCUT2D eigenvalue weighted by atomic mass is 15.1. The van der Waals surface area contributed by atoms with Gasteiger partial charge in [0, 0.05) is 0 Å². The van der Waals surface area contributed by atoms with Gasteiger partial charge in [-0.15, -0.1) is 0 Å². The third kappa shape index (κ3) is 14.5. The van der Waals surface area contributed by atoms with Crippen molar-refractivity contribution in [2.24, 2.45) is 17.8 Å². The third-order valence-corrected chi connectivity index (χ3v) is 12.0. The van der Waals surface area contributed by atoms with E-state index in [9.17, 15) is 0 Å². The first-order valence-corrected chi connectivity index (χ1v) is 21.6. The zero-order chi connectivity index (χ0) is 35.2. The van der Waals surface area contributed by atoms with Crippen LogP contribution in [0.5, 0.6) is 0 Å². The fourth-order valence-corrected chi connectivity index (χ4v) is 8.90. The molecule has 3 unspecified atom stereocenters. The Morgan fingerprint density at radius 2 is 1.46 bits per heavy atom. The molecule has 278 valence electrons. The van der Waals surface area contributed by atoms with Crippen molar-refractivity contribution in [2.75, 3.05) is 32.7 Å². The van der Waals surface area contributed by atoms with Crippen LogP contribution in [0, 0.1) is 17.8 Å². The molecule has 1 saturated carbocycles. The highest BCUT2D eigenvalue weighted by Gasteiger charge is 2.33. The van der Waals surface area contributed by atoms with E-state index in [0.29, 0.717) is 5.92 Å². The molecule has 1 aromatic carbocycles. The van der Waals surface area contributed by atoms with Gasteiger partial charge in [-0.2, -0.15) is 0 Å². The van der Waals surface area contributed by atoms with E-state index >= 15 is 0 Å². The normalized spacial score (nSPS) is 22.4. The first kappa shape index (κ1) is 40.6. The van der Waals surface area contributed by atoms with Crippen LogP contribution >= 0.6 is 0 Å². The summed E-state index contributed by atoms with van der Waals surface area (Å²) in [7, 11) is 0. The number of hydrogen-bond acceptors (Lipinski definition) is 2. The van der Waals surface area contributed by atoms with Gasteiger partial charge in [0.05, 0.1) is 0 Å². The van der Waals surface area contributed by atoms with Crippen molar-refractivity contribution in [3.05, 3.63) is 82.5 Å². The van der Waals surface area contributed by atoms with Crippen molar-refractivity contribution in [2.45, 2.75) is 156 Å². The van der Waals surface area contributed by atoms with Gasteiger partial charge in [0.2, 0.25) is 0 Å². The lowest BCUT2D eigenvalue weighted by atomic mass is 9.79. The molecule has 2 fully saturated rings. The number of nitrogens with one attached hydrogen (secondary N) is 1. The summed E-state index contributed by atoms with van der Waals surface area (Å²) in [6, 6.07) is 9.54. The lowest BCUT2D eigenvalue weighted by molar-refractivity contribution is 0.224. The van der Waals surface area contributed by atoms with Crippen LogP contribution in [0.4, 0.5) is 0 Å². The summed E-state index contributed by atoms with van der Waals surface area (Å²) in [5.41, 5.74) is 8.99. The van der Waals surface area contributed by atoms with E-state index in [1.807, 2.05) is 0 Å². The molecule has 0 spiro atoms. The maximum atomic E-state index is 3.60. The molecule has 1 saturated heterocycles. The smallest absolute Gasteiger partial charge is 0.00187 e. The number of likely N-dealkylation sites (tertiary alicyclic amines) is 1. The van der Waals surface area contributed by atoms with Crippen LogP contribution in [0.1, 0.15) is 167 Å². The van der Waals surface area contributed by atoms with Crippen molar-refractivity contribution in [1.82, 2.24) is 10.2 Å². The molecule has 0 aromatic heterocycles. The number of unbranched alkanes of at least 4 members (excludes halogenated alkanes) is 9. The van der Waals surface area contributed by atoms with E-state index in [4.69, 9.17) is 0 Å². The lowest BCUT2D eigenvalue weighted by Crippen LogP contribution is -2.30. The van der Waals surface area contributed by atoms with Crippen LogP contribution in [0.15, 0.2) is 71.4 Å². The first-order valence-electron chi connectivity index (χ1n) is 21.6. The molecule has 0 radical (unpaired) electrons. The van der Waals surface area contributed by atoms with E-state index in [1.54, 1.807) is 16.7 Å². The SMILES string of the molecule is CCCCCNCCCCCC/C=C\c1ccc(/C(C2=CC=C(C=CCCCCCN3CCCCC3)CC2)=C(/C)C2CC(C)CC2CC)cc1. The van der Waals surface area contributed by atoms with Crippen molar-refractivity contribution in [3.63, 3.8) is 0 Å². The first-order chi connectivity index (χ1) is 24.6. The predicted molar refractivity (Wildman–Crippen MR) is 223 cm³/mol. The molecule has 2 aliphatic carbocycles. The monoisotopic (exact) mass is 681 g/mol. The molecule has 0 amide bonds. The van der Waals surface area contributed by atoms with E-state index in [0.717, 1.165) is 24.7 Å². The maximum absolute atomic E-state index is 3.60. The summed E-state index contributed by atoms with van der Waals surface area (Å²) in [5, 5.41) is 3.60. The van der Waals surface area contributed by atoms with Crippen LogP contribution in [0.2, 0.25) is 0 Å². The predicted octanol–water partition coefficient (Wildman–Crippen LogP) is 13.5. The van der Waals surface area contributed by atoms with Crippen LogP contribution in [-0.2, 0) is 0 Å². The van der Waals surface area contributed by atoms with Gasteiger partial charge in [-0.05, 0) is 169 Å². The minimum Gasteiger partial charge on any atom is -0.317 e. The quantitative estimate of drug-likeness (QED) is 0.116. The summed E-state index contributed by atoms with van der Waals surface area (Å²) in [6.45, 7) is 16.0. The van der Waals surface area contributed by atoms with Crippen molar-refractivity contribution >= 4 is 11.6 Å². The highest BCUT2D eigenvalue weighted by molar-refractivity contribution is 5.83. The van der Waals surface area contributed by atoms with Crippen LogP contribution in [0.25, 0.3) is 11.6 Å². The van der Waals surface area contributed by atoms with Crippen molar-refractivity contribution in [3.8, 4) is 0 Å². The second-order valence-corrected chi connectivity index (χ2v) is 16.2. The molecule has 1 aliphatic heterocycles. The van der Waals surface area contributed by atoms with Crippen LogP contribution < -0.4 is 5.32 Å². The number of hydrogen-bond donors (Lipinski definition) is 1. The molecule has 3 atom stereocenters. The molecular formula is C48H76N2. The Balaban J connectivity index is 1.30. The average Bonchev–Trinajstić information content (AvgIpc) is 3.54. The highest BCUT2D eigenvalue weighted by Crippen LogP contribution is 2.46. The van der Waals surface area contributed by atoms with E-state index in [-0.39, 0.29) is 0 Å². The lowest BCUT2D eigenvalue weighted by Gasteiger charge is -2.26. The van der Waals surface area contributed by atoms with Gasteiger partial charge >= 0.3 is 0 Å². The Hall–Kier alpha value is -2.16. The molecule has 1 heterocycles. The third-order valence-electron chi connectivity index (χ3n) is 12.0. The van der Waals surface area contributed by atoms with Gasteiger partial charge in [0.25, 0.3) is 0 Å². The number of nitrogens with zero attached hydrogens (tertiary/aromatic N) is 1. The fraction of sp³-hybridized carbons (Fsp3) is 0.667. The molecular weight excluding hydrogens is 605 g/mol. The van der Waals surface area contributed by atoms with Crippen LogP contribution in [-0.4, -0.2) is 37.6 Å². The summed E-state index contributed by atoms with van der Waals surface area (Å²) < 4.78 is 0. The molecule has 2 nitrogen and oxygen atoms in total. The molecule has 3 aliphatic rings.